The van der Waals surface area contributed by atoms with E-state index in [-0.39, 0.29) is 11.5 Å². The monoisotopic (exact) mass is 199 g/mol. The van der Waals surface area contributed by atoms with Crippen LogP contribution >= 0.6 is 0 Å². The molecule has 0 radical (unpaired) electrons. The van der Waals surface area contributed by atoms with Gasteiger partial charge in [0.2, 0.25) is 5.91 Å². The van der Waals surface area contributed by atoms with Crippen LogP contribution < -0.4 is 0 Å². The van der Waals surface area contributed by atoms with E-state index in [0.717, 1.165) is 32.4 Å². The van der Waals surface area contributed by atoms with E-state index in [1.165, 1.54) is 0 Å². The third-order valence-electron chi connectivity index (χ3n) is 2.97. The molecule has 14 heavy (non-hydrogen) atoms. The SMILES string of the molecule is CCCC(=O)N1CCCC(C)(OC)C1. The number of likely N-dealkylation sites (tertiary alicyclic amines) is 1. The number of carbonyl (C=O) groups excluding carboxylic acids is 1. The van der Waals surface area contributed by atoms with E-state index in [0.29, 0.717) is 6.42 Å². The lowest BCUT2D eigenvalue weighted by Gasteiger charge is -2.39. The second-order valence-electron chi connectivity index (χ2n) is 4.32. The Morgan fingerprint density at radius 1 is 1.57 bits per heavy atom. The molecule has 1 saturated heterocycles. The Morgan fingerprint density at radius 3 is 2.86 bits per heavy atom. The molecule has 0 N–H and O–H groups in total. The van der Waals surface area contributed by atoms with E-state index in [2.05, 4.69) is 6.92 Å². The minimum absolute atomic E-state index is 0.123. The number of methoxy groups -OCH3 is 1. The molecule has 82 valence electrons. The standard InChI is InChI=1S/C11H21NO2/c1-4-6-10(13)12-8-5-7-11(2,9-12)14-3/h4-9H2,1-3H3. The molecule has 1 heterocycles. The molecular weight excluding hydrogens is 178 g/mol. The molecular formula is C11H21NO2. The number of rotatable bonds is 3. The Hall–Kier alpha value is -0.570. The topological polar surface area (TPSA) is 29.5 Å². The van der Waals surface area contributed by atoms with Crippen molar-refractivity contribution < 1.29 is 9.53 Å². The molecule has 1 fully saturated rings. The fourth-order valence-electron chi connectivity index (χ4n) is 1.96. The van der Waals surface area contributed by atoms with Crippen LogP contribution in [-0.4, -0.2) is 36.6 Å². The Labute approximate surface area is 86.4 Å². The Bertz CT molecular complexity index is 205. The number of carbonyl (C=O) groups is 1. The Morgan fingerprint density at radius 2 is 2.29 bits per heavy atom. The summed E-state index contributed by atoms with van der Waals surface area (Å²) in [6.45, 7) is 5.77. The van der Waals surface area contributed by atoms with Crippen molar-refractivity contribution in [3.05, 3.63) is 0 Å². The number of hydrogen-bond donors (Lipinski definition) is 0. The smallest absolute Gasteiger partial charge is 0.222 e. The summed E-state index contributed by atoms with van der Waals surface area (Å²) in [6.07, 6.45) is 3.71. The van der Waals surface area contributed by atoms with Gasteiger partial charge < -0.3 is 9.64 Å². The fraction of sp³-hybridized carbons (Fsp3) is 0.909. The molecule has 3 nitrogen and oxygen atoms in total. The van der Waals surface area contributed by atoms with Crippen LogP contribution in [0.25, 0.3) is 0 Å². The molecule has 0 aromatic carbocycles. The minimum Gasteiger partial charge on any atom is -0.377 e. The first-order valence-electron chi connectivity index (χ1n) is 5.44. The fourth-order valence-corrected chi connectivity index (χ4v) is 1.96. The highest BCUT2D eigenvalue weighted by Crippen LogP contribution is 2.24. The van der Waals surface area contributed by atoms with Crippen LogP contribution in [-0.2, 0) is 9.53 Å². The third kappa shape index (κ3) is 2.71. The number of piperidine rings is 1. The highest BCUT2D eigenvalue weighted by Gasteiger charge is 2.32. The largest absolute Gasteiger partial charge is 0.377 e. The highest BCUT2D eigenvalue weighted by atomic mass is 16.5. The summed E-state index contributed by atoms with van der Waals surface area (Å²) in [5.74, 6) is 0.274. The lowest BCUT2D eigenvalue weighted by molar-refractivity contribution is -0.139. The molecule has 1 amide bonds. The average molecular weight is 199 g/mol. The Kier molecular flexibility index (Phi) is 3.93. The van der Waals surface area contributed by atoms with Gasteiger partial charge in [0.15, 0.2) is 0 Å². The van der Waals surface area contributed by atoms with Crippen molar-refractivity contribution in [2.24, 2.45) is 0 Å². The minimum atomic E-state index is -0.123. The van der Waals surface area contributed by atoms with Gasteiger partial charge in [0.25, 0.3) is 0 Å². The number of nitrogens with zero attached hydrogens (tertiary/aromatic N) is 1. The quantitative estimate of drug-likeness (QED) is 0.694. The maximum atomic E-state index is 11.7. The van der Waals surface area contributed by atoms with E-state index in [4.69, 9.17) is 4.74 Å². The van der Waals surface area contributed by atoms with Gasteiger partial charge in [0.05, 0.1) is 5.60 Å². The van der Waals surface area contributed by atoms with Crippen LogP contribution in [0.3, 0.4) is 0 Å². The van der Waals surface area contributed by atoms with Gasteiger partial charge in [-0.15, -0.1) is 0 Å². The van der Waals surface area contributed by atoms with Gasteiger partial charge in [0, 0.05) is 26.6 Å². The lowest BCUT2D eigenvalue weighted by atomic mass is 9.94. The molecule has 0 bridgehead atoms. The first-order valence-corrected chi connectivity index (χ1v) is 5.44. The van der Waals surface area contributed by atoms with Crippen LogP contribution in [0.15, 0.2) is 0 Å². The summed E-state index contributed by atoms with van der Waals surface area (Å²) in [5.41, 5.74) is -0.123. The first kappa shape index (κ1) is 11.5. The Balaban J connectivity index is 2.51. The van der Waals surface area contributed by atoms with Crippen LogP contribution in [0, 0.1) is 0 Å². The summed E-state index contributed by atoms with van der Waals surface area (Å²) in [6, 6.07) is 0. The predicted octanol–water partition coefficient (Wildman–Crippen LogP) is 1.81. The van der Waals surface area contributed by atoms with Crippen LogP contribution in [0.4, 0.5) is 0 Å². The third-order valence-corrected chi connectivity index (χ3v) is 2.97. The van der Waals surface area contributed by atoms with Crippen molar-refractivity contribution >= 4 is 5.91 Å². The second-order valence-corrected chi connectivity index (χ2v) is 4.32. The summed E-state index contributed by atoms with van der Waals surface area (Å²) >= 11 is 0. The zero-order valence-electron chi connectivity index (χ0n) is 9.51. The van der Waals surface area contributed by atoms with Gasteiger partial charge in [-0.1, -0.05) is 6.92 Å². The van der Waals surface area contributed by atoms with Crippen molar-refractivity contribution in [1.82, 2.24) is 4.90 Å². The van der Waals surface area contributed by atoms with Crippen LogP contribution in [0.2, 0.25) is 0 Å². The van der Waals surface area contributed by atoms with Gasteiger partial charge in [-0.05, 0) is 26.2 Å². The maximum Gasteiger partial charge on any atom is 0.222 e. The van der Waals surface area contributed by atoms with Crippen LogP contribution in [0.1, 0.15) is 39.5 Å². The molecule has 0 aromatic rings. The van der Waals surface area contributed by atoms with Crippen LogP contribution in [0.5, 0.6) is 0 Å². The molecule has 0 spiro atoms. The molecule has 0 aromatic heterocycles. The molecule has 1 aliphatic heterocycles. The second kappa shape index (κ2) is 4.78. The summed E-state index contributed by atoms with van der Waals surface area (Å²) in [7, 11) is 1.73. The zero-order chi connectivity index (χ0) is 10.6. The molecule has 3 heteroatoms. The molecule has 1 rings (SSSR count). The van der Waals surface area contributed by atoms with Crippen molar-refractivity contribution in [2.75, 3.05) is 20.2 Å². The average Bonchev–Trinajstić information content (AvgIpc) is 2.18. The molecule has 0 aliphatic carbocycles. The van der Waals surface area contributed by atoms with E-state index in [9.17, 15) is 4.79 Å². The van der Waals surface area contributed by atoms with Gasteiger partial charge in [-0.25, -0.2) is 0 Å². The van der Waals surface area contributed by atoms with E-state index >= 15 is 0 Å². The van der Waals surface area contributed by atoms with Gasteiger partial charge in [-0.3, -0.25) is 4.79 Å². The summed E-state index contributed by atoms with van der Waals surface area (Å²) in [4.78, 5) is 13.6. The van der Waals surface area contributed by atoms with E-state index in [1.54, 1.807) is 7.11 Å². The van der Waals surface area contributed by atoms with Gasteiger partial charge in [-0.2, -0.15) is 0 Å². The highest BCUT2D eigenvalue weighted by molar-refractivity contribution is 5.76. The lowest BCUT2D eigenvalue weighted by Crippen LogP contribution is -2.49. The normalized spacial score (nSPS) is 27.8. The van der Waals surface area contributed by atoms with Gasteiger partial charge >= 0.3 is 0 Å². The zero-order valence-corrected chi connectivity index (χ0v) is 9.51. The molecule has 1 unspecified atom stereocenters. The molecule has 1 atom stereocenters. The van der Waals surface area contributed by atoms with Crippen molar-refractivity contribution in [1.29, 1.82) is 0 Å². The van der Waals surface area contributed by atoms with E-state index in [1.807, 2.05) is 11.8 Å². The maximum absolute atomic E-state index is 11.7. The number of hydrogen-bond acceptors (Lipinski definition) is 2. The summed E-state index contributed by atoms with van der Waals surface area (Å²) < 4.78 is 5.44. The van der Waals surface area contributed by atoms with Crippen molar-refractivity contribution in [2.45, 2.75) is 45.1 Å². The van der Waals surface area contributed by atoms with E-state index < -0.39 is 0 Å². The van der Waals surface area contributed by atoms with Crippen molar-refractivity contribution in [3.8, 4) is 0 Å². The number of amides is 1. The molecule has 0 saturated carbocycles. The predicted molar refractivity (Wildman–Crippen MR) is 56.1 cm³/mol. The summed E-state index contributed by atoms with van der Waals surface area (Å²) in [5, 5.41) is 0. The van der Waals surface area contributed by atoms with Gasteiger partial charge in [0.1, 0.15) is 0 Å². The molecule has 1 aliphatic rings. The number of ether oxygens (including phenoxy) is 1. The van der Waals surface area contributed by atoms with Crippen molar-refractivity contribution in [3.63, 3.8) is 0 Å². The first-order chi connectivity index (χ1) is 6.61.